The molecule has 6 nitrogen and oxygen atoms in total. The largest absolute Gasteiger partial charge is 0.451 e. The highest BCUT2D eigenvalue weighted by Gasteiger charge is 2.76. The molecule has 30 heavy (non-hydrogen) atoms. The predicted octanol–water partition coefficient (Wildman–Crippen LogP) is 2.52. The van der Waals surface area contributed by atoms with E-state index < -0.39 is 52.5 Å². The molecule has 0 amide bonds. The van der Waals surface area contributed by atoms with Gasteiger partial charge in [0.1, 0.15) is 18.1 Å². The molecule has 4 aliphatic carbocycles. The molecule has 4 fully saturated rings. The number of alkyl halides is 1. The van der Waals surface area contributed by atoms with Crippen molar-refractivity contribution in [3.63, 3.8) is 0 Å². The van der Waals surface area contributed by atoms with E-state index in [1.165, 1.54) is 6.92 Å². The number of ether oxygens (including phenoxy) is 1. The lowest BCUT2D eigenvalue weighted by Gasteiger charge is -2.65. The number of ketones is 2. The highest BCUT2D eigenvalue weighted by molar-refractivity contribution is 5.92. The second-order valence-electron chi connectivity index (χ2n) is 10.6. The lowest BCUT2D eigenvalue weighted by atomic mass is 9.42. The number of Topliss-reactive ketones (excluding diaryl/α,β-unsaturated/α-hetero) is 2. The van der Waals surface area contributed by atoms with Gasteiger partial charge in [0.15, 0.2) is 5.60 Å². The number of aliphatic hydroxyl groups is 2. The molecule has 168 valence electrons. The van der Waals surface area contributed by atoms with Crippen LogP contribution in [0.2, 0.25) is 0 Å². The SMILES string of the molecule is CC(=O)O[C@@]1(C(=O)CO)CC[C@H]2[C@@H]3CC[C@@H]4CC(=O)CC[C@]4(C)[C@@]3(F)[C@@H](O)C[C@@]21C. The standard InChI is InChI=1S/C23H33FO6/c1-13(26)30-22(19(29)12-25)9-7-16-17-5-4-14-10-15(27)6-8-20(14,2)23(17,24)18(28)11-21(16,22)3/h14,16-18,25,28H,4-12H2,1-3H3/t14-,16+,17+,18+,20+,21+,22-,23+/m1/s1. The summed E-state index contributed by atoms with van der Waals surface area (Å²) in [6.07, 6.45) is 1.75. The summed E-state index contributed by atoms with van der Waals surface area (Å²) >= 11 is 0. The lowest BCUT2D eigenvalue weighted by molar-refractivity contribution is -0.256. The van der Waals surface area contributed by atoms with Crippen LogP contribution >= 0.6 is 0 Å². The third-order valence-corrected chi connectivity index (χ3v) is 9.59. The first-order valence-corrected chi connectivity index (χ1v) is 11.2. The molecule has 0 radical (unpaired) electrons. The zero-order chi connectivity index (χ0) is 22.1. The summed E-state index contributed by atoms with van der Waals surface area (Å²) < 4.78 is 22.7. The Morgan fingerprint density at radius 1 is 1.13 bits per heavy atom. The van der Waals surface area contributed by atoms with Gasteiger partial charge >= 0.3 is 5.97 Å². The zero-order valence-corrected chi connectivity index (χ0v) is 18.1. The first-order chi connectivity index (χ1) is 14.0. The maximum atomic E-state index is 17.1. The highest BCUT2D eigenvalue weighted by Crippen LogP contribution is 2.71. The van der Waals surface area contributed by atoms with Gasteiger partial charge in [-0.25, -0.2) is 4.39 Å². The second-order valence-corrected chi connectivity index (χ2v) is 10.6. The van der Waals surface area contributed by atoms with Gasteiger partial charge in [0, 0.05) is 30.6 Å². The fraction of sp³-hybridized carbons (Fsp3) is 0.870. The van der Waals surface area contributed by atoms with Crippen LogP contribution in [0, 0.1) is 28.6 Å². The van der Waals surface area contributed by atoms with Crippen molar-refractivity contribution in [1.29, 1.82) is 0 Å². The van der Waals surface area contributed by atoms with Crippen molar-refractivity contribution in [2.45, 2.75) is 89.5 Å². The molecule has 4 saturated carbocycles. The third kappa shape index (κ3) is 2.51. The minimum absolute atomic E-state index is 0.0139. The minimum Gasteiger partial charge on any atom is -0.451 e. The Morgan fingerprint density at radius 2 is 1.83 bits per heavy atom. The molecule has 0 heterocycles. The van der Waals surface area contributed by atoms with Crippen LogP contribution in [0.25, 0.3) is 0 Å². The molecule has 0 saturated heterocycles. The lowest BCUT2D eigenvalue weighted by Crippen LogP contribution is -2.71. The monoisotopic (exact) mass is 424 g/mol. The van der Waals surface area contributed by atoms with Crippen molar-refractivity contribution < 1.29 is 33.7 Å². The fourth-order valence-electron chi connectivity index (χ4n) is 8.10. The Morgan fingerprint density at radius 3 is 2.47 bits per heavy atom. The smallest absolute Gasteiger partial charge is 0.303 e. The molecule has 0 unspecified atom stereocenters. The zero-order valence-electron chi connectivity index (χ0n) is 18.1. The van der Waals surface area contributed by atoms with E-state index in [4.69, 9.17) is 4.74 Å². The number of carbonyl (C=O) groups is 3. The summed E-state index contributed by atoms with van der Waals surface area (Å²) in [5.74, 6) is -1.85. The van der Waals surface area contributed by atoms with Gasteiger partial charge in [-0.05, 0) is 56.3 Å². The number of esters is 1. The summed E-state index contributed by atoms with van der Waals surface area (Å²) in [6.45, 7) is 4.16. The first-order valence-electron chi connectivity index (χ1n) is 11.2. The highest BCUT2D eigenvalue weighted by atomic mass is 19.1. The first kappa shape index (κ1) is 21.9. The van der Waals surface area contributed by atoms with Crippen LogP contribution in [0.1, 0.15) is 72.1 Å². The molecule has 2 N–H and O–H groups in total. The van der Waals surface area contributed by atoms with E-state index in [9.17, 15) is 24.6 Å². The molecule has 0 spiro atoms. The average molecular weight is 425 g/mol. The number of fused-ring (bicyclic) bond motifs is 5. The van der Waals surface area contributed by atoms with Gasteiger partial charge in [0.05, 0.1) is 6.10 Å². The van der Waals surface area contributed by atoms with Crippen LogP contribution in [0.15, 0.2) is 0 Å². The molecule has 0 aromatic rings. The van der Waals surface area contributed by atoms with Crippen molar-refractivity contribution in [3.8, 4) is 0 Å². The Balaban J connectivity index is 1.78. The van der Waals surface area contributed by atoms with Crippen LogP contribution in [-0.2, 0) is 19.1 Å². The van der Waals surface area contributed by atoms with Crippen molar-refractivity contribution >= 4 is 17.5 Å². The fourth-order valence-corrected chi connectivity index (χ4v) is 8.10. The summed E-state index contributed by atoms with van der Waals surface area (Å²) in [5.41, 5.74) is -5.14. The Kier molecular flexibility index (Phi) is 4.98. The van der Waals surface area contributed by atoms with Crippen LogP contribution in [0.3, 0.4) is 0 Å². The maximum Gasteiger partial charge on any atom is 0.303 e. The van der Waals surface area contributed by atoms with Crippen LogP contribution in [-0.4, -0.2) is 51.7 Å². The van der Waals surface area contributed by atoms with Crippen LogP contribution in [0.4, 0.5) is 4.39 Å². The van der Waals surface area contributed by atoms with E-state index in [0.29, 0.717) is 38.5 Å². The molecule has 4 aliphatic rings. The second kappa shape index (κ2) is 6.83. The number of halogens is 1. The Hall–Kier alpha value is -1.34. The molecule has 0 aromatic carbocycles. The summed E-state index contributed by atoms with van der Waals surface area (Å²) in [4.78, 5) is 36.8. The van der Waals surface area contributed by atoms with Gasteiger partial charge in [-0.15, -0.1) is 0 Å². The van der Waals surface area contributed by atoms with E-state index in [1.807, 2.05) is 13.8 Å². The Labute approximate surface area is 176 Å². The number of rotatable bonds is 3. The van der Waals surface area contributed by atoms with Gasteiger partial charge in [-0.2, -0.15) is 0 Å². The summed E-state index contributed by atoms with van der Waals surface area (Å²) in [7, 11) is 0. The van der Waals surface area contributed by atoms with Gasteiger partial charge in [-0.1, -0.05) is 13.8 Å². The number of hydrogen-bond acceptors (Lipinski definition) is 6. The maximum absolute atomic E-state index is 17.1. The molecule has 4 rings (SSSR count). The van der Waals surface area contributed by atoms with Gasteiger partial charge in [0.25, 0.3) is 0 Å². The Bertz CT molecular complexity index is 784. The summed E-state index contributed by atoms with van der Waals surface area (Å²) in [5, 5.41) is 20.9. The molecule has 7 heteroatoms. The molecule has 8 atom stereocenters. The minimum atomic E-state index is -1.85. The van der Waals surface area contributed by atoms with Gasteiger partial charge in [-0.3, -0.25) is 14.4 Å². The van der Waals surface area contributed by atoms with E-state index >= 15 is 4.39 Å². The van der Waals surface area contributed by atoms with Crippen molar-refractivity contribution in [3.05, 3.63) is 0 Å². The van der Waals surface area contributed by atoms with Gasteiger partial charge in [0.2, 0.25) is 5.78 Å². The number of carbonyl (C=O) groups excluding carboxylic acids is 3. The predicted molar refractivity (Wildman–Crippen MR) is 105 cm³/mol. The number of aliphatic hydroxyl groups excluding tert-OH is 2. The third-order valence-electron chi connectivity index (χ3n) is 9.59. The van der Waals surface area contributed by atoms with Crippen molar-refractivity contribution in [2.75, 3.05) is 6.61 Å². The molecule has 0 aromatic heterocycles. The van der Waals surface area contributed by atoms with Crippen molar-refractivity contribution in [2.24, 2.45) is 28.6 Å². The molecule has 0 aliphatic heterocycles. The average Bonchev–Trinajstić information content (AvgIpc) is 2.95. The van der Waals surface area contributed by atoms with E-state index in [1.54, 1.807) is 0 Å². The summed E-state index contributed by atoms with van der Waals surface area (Å²) in [6, 6.07) is 0. The topological polar surface area (TPSA) is 101 Å². The number of hydrogen-bond donors (Lipinski definition) is 2. The molecular formula is C23H33FO6. The normalized spacial score (nSPS) is 50.3. The van der Waals surface area contributed by atoms with Gasteiger partial charge < -0.3 is 14.9 Å². The molecular weight excluding hydrogens is 391 g/mol. The van der Waals surface area contributed by atoms with Crippen molar-refractivity contribution in [1.82, 2.24) is 0 Å². The van der Waals surface area contributed by atoms with E-state index in [0.717, 1.165) is 0 Å². The van der Waals surface area contributed by atoms with Crippen LogP contribution in [0.5, 0.6) is 0 Å². The van der Waals surface area contributed by atoms with Crippen LogP contribution < -0.4 is 0 Å². The quantitative estimate of drug-likeness (QED) is 0.675. The van der Waals surface area contributed by atoms with E-state index in [-0.39, 0.29) is 30.5 Å². The molecule has 0 bridgehead atoms. The van der Waals surface area contributed by atoms with E-state index in [2.05, 4.69) is 0 Å².